The normalized spacial score (nSPS) is 21.7. The van der Waals surface area contributed by atoms with E-state index in [2.05, 4.69) is 52.5 Å². The third kappa shape index (κ3) is 20.3. The molecule has 2 rings (SSSR count). The molecule has 0 radical (unpaired) electrons. The molecule has 6 atom stereocenters. The van der Waals surface area contributed by atoms with Crippen molar-refractivity contribution >= 4 is 65.1 Å². The smallest absolute Gasteiger partial charge is 0.243 e. The van der Waals surface area contributed by atoms with Crippen molar-refractivity contribution in [3.63, 3.8) is 0 Å². The van der Waals surface area contributed by atoms with Gasteiger partial charge in [-0.25, -0.2) is 0 Å². The van der Waals surface area contributed by atoms with Crippen LogP contribution >= 0.6 is 0 Å². The molecule has 62 heavy (non-hydrogen) atoms. The highest BCUT2D eigenvalue weighted by Gasteiger charge is 2.32. The minimum Gasteiger partial charge on any atom is -0.370 e. The maximum atomic E-state index is 13.9. The quantitative estimate of drug-likeness (QED) is 0.0472. The van der Waals surface area contributed by atoms with Crippen LogP contribution in [-0.4, -0.2) is 128 Å². The summed E-state index contributed by atoms with van der Waals surface area (Å²) in [6.07, 6.45) is 0.520. The number of rotatable bonds is 14. The van der Waals surface area contributed by atoms with Crippen LogP contribution in [0.3, 0.4) is 0 Å². The topological polar surface area (TPSA) is 405 Å². The fourth-order valence-corrected chi connectivity index (χ4v) is 6.06. The molecule has 0 spiro atoms. The van der Waals surface area contributed by atoms with Gasteiger partial charge in [-0.2, -0.15) is 0 Å². The molecule has 4 unspecified atom stereocenters. The number of carbonyl (C=O) groups is 9. The summed E-state index contributed by atoms with van der Waals surface area (Å²) in [4.78, 5) is 126. The molecule has 1 aromatic carbocycles. The molecule has 0 aromatic heterocycles. The third-order valence-corrected chi connectivity index (χ3v) is 9.25. The molecule has 24 heteroatoms. The van der Waals surface area contributed by atoms with Crippen molar-refractivity contribution in [2.75, 3.05) is 26.2 Å². The van der Waals surface area contributed by atoms with Gasteiger partial charge in [0.05, 0.1) is 13.0 Å². The monoisotopic (exact) mass is 871 g/mol. The summed E-state index contributed by atoms with van der Waals surface area (Å²) in [6, 6.07) is 0.815. The largest absolute Gasteiger partial charge is 0.370 e. The van der Waals surface area contributed by atoms with Gasteiger partial charge in [0, 0.05) is 33.0 Å². The van der Waals surface area contributed by atoms with E-state index >= 15 is 0 Å². The molecular weight excluding hydrogens is 811 g/mol. The van der Waals surface area contributed by atoms with Gasteiger partial charge in [0.15, 0.2) is 11.9 Å². The molecule has 0 bridgehead atoms. The molecular formula is C38H61N15O9. The zero-order valence-corrected chi connectivity index (χ0v) is 35.0. The van der Waals surface area contributed by atoms with Crippen LogP contribution in [0.5, 0.6) is 0 Å². The number of nitrogens with two attached hydrogens (primary N) is 5. The number of hydrogen-bond acceptors (Lipinski definition) is 11. The SMILES string of the molecule is CC(=O)NC(CCCN=C(N)N)C(=O)NC1CC(=O)NCCCCC(C(N)=O)NC(=O)CNC(=O)[C@H](CCCN=C(N)N)NC(=O)C(Cc2ccccc2)NC(=O)[C@H](C)NC1=O. The van der Waals surface area contributed by atoms with E-state index in [1.165, 1.54) is 13.8 Å². The second-order valence-corrected chi connectivity index (χ2v) is 14.5. The van der Waals surface area contributed by atoms with E-state index in [9.17, 15) is 43.2 Å². The highest BCUT2D eigenvalue weighted by Crippen LogP contribution is 2.08. The number of carbonyl (C=O) groups excluding carboxylic acids is 9. The molecule has 342 valence electrons. The van der Waals surface area contributed by atoms with Crippen LogP contribution in [0.2, 0.25) is 0 Å². The number of aliphatic imine (C=N–C) groups is 2. The summed E-state index contributed by atoms with van der Waals surface area (Å²) in [6.45, 7) is 2.22. The van der Waals surface area contributed by atoms with Gasteiger partial charge in [-0.05, 0) is 57.4 Å². The molecule has 1 heterocycles. The average Bonchev–Trinajstić information content (AvgIpc) is 3.20. The highest BCUT2D eigenvalue weighted by molar-refractivity contribution is 5.98. The zero-order valence-electron chi connectivity index (χ0n) is 35.0. The summed E-state index contributed by atoms with van der Waals surface area (Å²) in [5.41, 5.74) is 27.8. The summed E-state index contributed by atoms with van der Waals surface area (Å²) >= 11 is 0. The molecule has 1 saturated heterocycles. The van der Waals surface area contributed by atoms with Crippen LogP contribution in [0.1, 0.15) is 70.8 Å². The van der Waals surface area contributed by atoms with E-state index in [1.807, 2.05) is 0 Å². The van der Waals surface area contributed by atoms with E-state index in [1.54, 1.807) is 30.3 Å². The minimum absolute atomic E-state index is 0.00271. The Balaban J connectivity index is 2.49. The first-order valence-corrected chi connectivity index (χ1v) is 20.1. The second-order valence-electron chi connectivity index (χ2n) is 14.5. The first kappa shape index (κ1) is 51.1. The molecule has 0 aliphatic carbocycles. The number of hydrogen-bond donors (Lipinski definition) is 13. The van der Waals surface area contributed by atoms with Crippen LogP contribution in [0.15, 0.2) is 40.3 Å². The molecule has 1 fully saturated rings. The van der Waals surface area contributed by atoms with Gasteiger partial charge in [-0.3, -0.25) is 53.1 Å². The first-order chi connectivity index (χ1) is 29.4. The average molecular weight is 872 g/mol. The molecule has 24 nitrogen and oxygen atoms in total. The van der Waals surface area contributed by atoms with E-state index in [0.29, 0.717) is 18.4 Å². The number of amides is 9. The maximum absolute atomic E-state index is 13.9. The lowest BCUT2D eigenvalue weighted by Gasteiger charge is -2.26. The Kier molecular flexibility index (Phi) is 22.2. The number of primary amides is 1. The second kappa shape index (κ2) is 27.0. The van der Waals surface area contributed by atoms with E-state index in [4.69, 9.17) is 28.7 Å². The van der Waals surface area contributed by atoms with Gasteiger partial charge < -0.3 is 71.2 Å². The third-order valence-electron chi connectivity index (χ3n) is 9.25. The van der Waals surface area contributed by atoms with E-state index in [-0.39, 0.29) is 70.1 Å². The van der Waals surface area contributed by atoms with E-state index < -0.39 is 102 Å². The lowest BCUT2D eigenvalue weighted by Crippen LogP contribution is -2.59. The van der Waals surface area contributed by atoms with Crippen molar-refractivity contribution in [3.8, 4) is 0 Å². The van der Waals surface area contributed by atoms with Gasteiger partial charge in [0.2, 0.25) is 53.2 Å². The van der Waals surface area contributed by atoms with Crippen LogP contribution in [0.25, 0.3) is 0 Å². The van der Waals surface area contributed by atoms with Crippen molar-refractivity contribution in [1.82, 2.24) is 42.5 Å². The van der Waals surface area contributed by atoms with Gasteiger partial charge >= 0.3 is 0 Å². The zero-order chi connectivity index (χ0) is 46.2. The Morgan fingerprint density at radius 3 is 2.03 bits per heavy atom. The number of guanidine groups is 2. The maximum Gasteiger partial charge on any atom is 0.243 e. The fraction of sp³-hybridized carbons (Fsp3) is 0.553. The van der Waals surface area contributed by atoms with Crippen LogP contribution < -0.4 is 71.2 Å². The molecule has 1 aliphatic rings. The summed E-state index contributed by atoms with van der Waals surface area (Å²) < 4.78 is 0. The first-order valence-electron chi connectivity index (χ1n) is 20.1. The van der Waals surface area contributed by atoms with Crippen LogP contribution in [-0.2, 0) is 49.6 Å². The summed E-state index contributed by atoms with van der Waals surface area (Å²) in [5, 5.41) is 20.3. The van der Waals surface area contributed by atoms with Gasteiger partial charge in [0.25, 0.3) is 0 Å². The Morgan fingerprint density at radius 1 is 0.758 bits per heavy atom. The van der Waals surface area contributed by atoms with Gasteiger partial charge in [-0.1, -0.05) is 30.3 Å². The molecule has 18 N–H and O–H groups in total. The van der Waals surface area contributed by atoms with Crippen molar-refractivity contribution in [1.29, 1.82) is 0 Å². The Labute approximate surface area is 358 Å². The van der Waals surface area contributed by atoms with Gasteiger partial charge in [0.1, 0.15) is 36.3 Å². The van der Waals surface area contributed by atoms with Crippen molar-refractivity contribution in [2.45, 2.75) is 108 Å². The predicted molar refractivity (Wildman–Crippen MR) is 227 cm³/mol. The fourth-order valence-electron chi connectivity index (χ4n) is 6.06. The van der Waals surface area contributed by atoms with Crippen LogP contribution in [0.4, 0.5) is 0 Å². The van der Waals surface area contributed by atoms with Crippen molar-refractivity contribution < 1.29 is 43.2 Å². The van der Waals surface area contributed by atoms with Crippen molar-refractivity contribution in [3.05, 3.63) is 35.9 Å². The number of nitrogens with zero attached hydrogens (tertiary/aromatic N) is 2. The molecule has 0 saturated carbocycles. The van der Waals surface area contributed by atoms with E-state index in [0.717, 1.165) is 0 Å². The van der Waals surface area contributed by atoms with Gasteiger partial charge in [-0.15, -0.1) is 0 Å². The van der Waals surface area contributed by atoms with Crippen molar-refractivity contribution in [2.24, 2.45) is 38.7 Å². The molecule has 1 aliphatic heterocycles. The molecule has 9 amide bonds. The Morgan fingerprint density at radius 2 is 1.40 bits per heavy atom. The standard InChI is InChI=1S/C38H61N15O9/c1-21-32(58)52-27(18-23-10-4-3-5-11-23)36(62)51-25(13-8-16-45-37(40)41)33(59)47-20-30(56)50-24(31(39)57)12-6-7-15-44-29(55)19-28(35(61)48-21)53-34(60)26(49-22(2)54)14-9-17-46-38(42)43/h3-5,10-11,21,24-28H,6-9,12-20H2,1-2H3,(H2,39,57)(H,44,55)(H,47,59)(H,48,61)(H,49,54)(H,50,56)(H,51,62)(H,52,58)(H,53,60)(H4,40,41,45)(H4,42,43,46)/t21-,24?,25-,26?,27?,28?/m0/s1. The lowest BCUT2D eigenvalue weighted by atomic mass is 10.0. The van der Waals surface area contributed by atoms with Crippen LogP contribution in [0, 0.1) is 0 Å². The Bertz CT molecular complexity index is 1790. The number of nitrogens with one attached hydrogen (secondary N) is 8. The summed E-state index contributed by atoms with van der Waals surface area (Å²) in [5.74, 6) is -7.35. The minimum atomic E-state index is -1.57. The molecule has 1 aromatic rings. The Hall–Kier alpha value is -7.01. The predicted octanol–water partition coefficient (Wildman–Crippen LogP) is -5.42. The number of benzene rings is 1. The lowest BCUT2D eigenvalue weighted by molar-refractivity contribution is -0.136. The summed E-state index contributed by atoms with van der Waals surface area (Å²) in [7, 11) is 0. The highest BCUT2D eigenvalue weighted by atomic mass is 16.2.